The third-order valence-corrected chi connectivity index (χ3v) is 5.28. The van der Waals surface area contributed by atoms with E-state index >= 15 is 0 Å². The summed E-state index contributed by atoms with van der Waals surface area (Å²) in [6, 6.07) is 4.02. The summed E-state index contributed by atoms with van der Waals surface area (Å²) in [5, 5.41) is 18.1. The number of methoxy groups -OCH3 is 1. The second kappa shape index (κ2) is 12.9. The minimum absolute atomic E-state index is 0.190. The molecule has 17 heteroatoms. The number of rotatable bonds is 5. The predicted molar refractivity (Wildman–Crippen MR) is 113 cm³/mol. The van der Waals surface area contributed by atoms with Crippen LogP contribution in [0.25, 0.3) is 0 Å². The zero-order chi connectivity index (χ0) is 28.7. The van der Waals surface area contributed by atoms with Crippen LogP contribution in [-0.4, -0.2) is 86.9 Å². The topological polar surface area (TPSA) is 148 Å². The standard InChI is InChI=1S/C17H22N4O3.2C2HF3O2/c1-11-19-16(24-20-11)7-14-6-13-9-21(10-15(13)23-14)8-12-4-3-5-18-17(12)22-2;2*3-2(4,5)1(6)7/h3-5,13-15H,6-10H2,1-2H3;2*(H,6,7)/t13-,14+,15+;;/m0../s1. The summed E-state index contributed by atoms with van der Waals surface area (Å²) in [6.45, 7) is 4.67. The van der Waals surface area contributed by atoms with E-state index in [9.17, 15) is 26.3 Å². The number of alkyl halides is 6. The van der Waals surface area contributed by atoms with E-state index in [2.05, 4.69) is 26.1 Å². The number of carboxylic acid groups (broad SMARTS) is 2. The number of pyridine rings is 1. The van der Waals surface area contributed by atoms with Gasteiger partial charge in [-0.15, -0.1) is 0 Å². The third-order valence-electron chi connectivity index (χ3n) is 5.28. The molecule has 2 N–H and O–H groups in total. The van der Waals surface area contributed by atoms with Crippen LogP contribution in [0.2, 0.25) is 0 Å². The maximum absolute atomic E-state index is 10.6. The molecule has 2 aliphatic rings. The second-order valence-corrected chi connectivity index (χ2v) is 8.20. The van der Waals surface area contributed by atoms with Crippen molar-refractivity contribution in [3.63, 3.8) is 0 Å². The lowest BCUT2D eigenvalue weighted by atomic mass is 10.0. The molecule has 0 amide bonds. The van der Waals surface area contributed by atoms with Gasteiger partial charge in [-0.25, -0.2) is 14.6 Å². The number of fused-ring (bicyclic) bond motifs is 1. The van der Waals surface area contributed by atoms with Gasteiger partial charge in [0.2, 0.25) is 11.8 Å². The molecule has 0 aliphatic carbocycles. The van der Waals surface area contributed by atoms with Crippen molar-refractivity contribution < 1.29 is 60.1 Å². The van der Waals surface area contributed by atoms with Crippen LogP contribution in [-0.2, 0) is 27.3 Å². The number of carboxylic acids is 2. The predicted octanol–water partition coefficient (Wildman–Crippen LogP) is 2.88. The lowest BCUT2D eigenvalue weighted by molar-refractivity contribution is -0.193. The number of hydrogen-bond acceptors (Lipinski definition) is 9. The van der Waals surface area contributed by atoms with Crippen LogP contribution in [0.3, 0.4) is 0 Å². The molecular weight excluding hydrogens is 534 g/mol. The van der Waals surface area contributed by atoms with Gasteiger partial charge in [-0.3, -0.25) is 4.90 Å². The molecule has 2 saturated heterocycles. The number of likely N-dealkylation sites (tertiary alicyclic amines) is 1. The molecule has 2 fully saturated rings. The second-order valence-electron chi connectivity index (χ2n) is 8.20. The summed E-state index contributed by atoms with van der Waals surface area (Å²) in [6.07, 6.45) is -6.16. The van der Waals surface area contributed by atoms with E-state index < -0.39 is 24.3 Å². The zero-order valence-electron chi connectivity index (χ0n) is 20.0. The molecule has 212 valence electrons. The normalized spacial score (nSPS) is 21.0. The largest absolute Gasteiger partial charge is 0.490 e. The lowest BCUT2D eigenvalue weighted by Crippen LogP contribution is -2.25. The first-order chi connectivity index (χ1) is 17.6. The Hall–Kier alpha value is -3.47. The molecule has 0 saturated carbocycles. The van der Waals surface area contributed by atoms with E-state index in [0.717, 1.165) is 31.6 Å². The molecule has 4 heterocycles. The molecular formula is C21H24F6N4O7. The Morgan fingerprint density at radius 3 is 2.21 bits per heavy atom. The third kappa shape index (κ3) is 9.44. The first kappa shape index (κ1) is 30.8. The summed E-state index contributed by atoms with van der Waals surface area (Å²) >= 11 is 0. The minimum Gasteiger partial charge on any atom is -0.481 e. The number of carbonyl (C=O) groups is 2. The van der Waals surface area contributed by atoms with Crippen LogP contribution < -0.4 is 4.74 Å². The fraction of sp³-hybridized carbons (Fsp3) is 0.571. The van der Waals surface area contributed by atoms with E-state index in [1.165, 1.54) is 0 Å². The molecule has 0 aromatic carbocycles. The van der Waals surface area contributed by atoms with Crippen LogP contribution in [0.15, 0.2) is 22.9 Å². The van der Waals surface area contributed by atoms with Gasteiger partial charge in [0, 0.05) is 37.3 Å². The average molecular weight is 558 g/mol. The van der Waals surface area contributed by atoms with Crippen molar-refractivity contribution >= 4 is 11.9 Å². The number of halogens is 6. The Balaban J connectivity index is 0.000000301. The van der Waals surface area contributed by atoms with E-state index in [1.807, 2.05) is 13.0 Å². The van der Waals surface area contributed by atoms with Gasteiger partial charge in [0.1, 0.15) is 0 Å². The summed E-state index contributed by atoms with van der Waals surface area (Å²) in [5.74, 6) is -2.88. The summed E-state index contributed by atoms with van der Waals surface area (Å²) in [5.41, 5.74) is 1.12. The minimum atomic E-state index is -5.08. The molecule has 0 bridgehead atoms. The van der Waals surface area contributed by atoms with Gasteiger partial charge in [0.05, 0.1) is 25.7 Å². The number of hydrogen-bond donors (Lipinski definition) is 2. The maximum atomic E-state index is 10.6. The van der Waals surface area contributed by atoms with Crippen LogP contribution in [0.1, 0.15) is 23.7 Å². The van der Waals surface area contributed by atoms with Crippen molar-refractivity contribution in [1.82, 2.24) is 20.0 Å². The van der Waals surface area contributed by atoms with E-state index in [0.29, 0.717) is 36.0 Å². The Bertz CT molecular complexity index is 1040. The van der Waals surface area contributed by atoms with E-state index in [4.69, 9.17) is 33.8 Å². The summed E-state index contributed by atoms with van der Waals surface area (Å²) in [7, 11) is 1.66. The van der Waals surface area contributed by atoms with Gasteiger partial charge < -0.3 is 24.2 Å². The number of aryl methyl sites for hydroxylation is 1. The first-order valence-corrected chi connectivity index (χ1v) is 10.8. The fourth-order valence-electron chi connectivity index (χ4n) is 3.80. The number of aliphatic carboxylic acids is 2. The molecule has 2 aromatic rings. The van der Waals surface area contributed by atoms with Crippen molar-refractivity contribution in [2.75, 3.05) is 20.2 Å². The van der Waals surface area contributed by atoms with Gasteiger partial charge in [0.25, 0.3) is 0 Å². The fourth-order valence-corrected chi connectivity index (χ4v) is 3.80. The number of ether oxygens (including phenoxy) is 2. The highest BCUT2D eigenvalue weighted by atomic mass is 19.4. The Kier molecular flexibility index (Phi) is 10.4. The summed E-state index contributed by atoms with van der Waals surface area (Å²) < 4.78 is 80.2. The zero-order valence-corrected chi connectivity index (χ0v) is 20.0. The van der Waals surface area contributed by atoms with Crippen LogP contribution >= 0.6 is 0 Å². The quantitative estimate of drug-likeness (QED) is 0.522. The molecule has 3 atom stereocenters. The molecule has 11 nitrogen and oxygen atoms in total. The van der Waals surface area contributed by atoms with Gasteiger partial charge in [-0.1, -0.05) is 11.2 Å². The van der Waals surface area contributed by atoms with E-state index in [-0.39, 0.29) is 6.10 Å². The van der Waals surface area contributed by atoms with Crippen LogP contribution in [0.5, 0.6) is 5.88 Å². The number of aromatic nitrogens is 3. The van der Waals surface area contributed by atoms with Crippen molar-refractivity contribution in [3.05, 3.63) is 35.6 Å². The number of nitrogens with zero attached hydrogens (tertiary/aromatic N) is 4. The molecule has 4 rings (SSSR count). The highest BCUT2D eigenvalue weighted by Crippen LogP contribution is 2.35. The van der Waals surface area contributed by atoms with Gasteiger partial charge in [0.15, 0.2) is 5.82 Å². The van der Waals surface area contributed by atoms with Crippen LogP contribution in [0.4, 0.5) is 26.3 Å². The van der Waals surface area contributed by atoms with E-state index in [1.54, 1.807) is 13.3 Å². The van der Waals surface area contributed by atoms with Crippen molar-refractivity contribution in [3.8, 4) is 5.88 Å². The Morgan fingerprint density at radius 1 is 1.13 bits per heavy atom. The molecule has 0 unspecified atom stereocenters. The summed E-state index contributed by atoms with van der Waals surface area (Å²) in [4.78, 5) is 28.7. The molecule has 0 spiro atoms. The van der Waals surface area contributed by atoms with Crippen molar-refractivity contribution in [2.24, 2.45) is 5.92 Å². The Labute approximate surface area is 211 Å². The Morgan fingerprint density at radius 2 is 1.74 bits per heavy atom. The molecule has 2 aliphatic heterocycles. The highest BCUT2D eigenvalue weighted by molar-refractivity contribution is 5.73. The van der Waals surface area contributed by atoms with Crippen LogP contribution in [0, 0.1) is 12.8 Å². The first-order valence-electron chi connectivity index (χ1n) is 10.8. The smallest absolute Gasteiger partial charge is 0.481 e. The lowest BCUT2D eigenvalue weighted by Gasteiger charge is -2.19. The van der Waals surface area contributed by atoms with Crippen molar-refractivity contribution in [2.45, 2.75) is 50.9 Å². The molecule has 2 aromatic heterocycles. The van der Waals surface area contributed by atoms with Gasteiger partial charge >= 0.3 is 24.3 Å². The maximum Gasteiger partial charge on any atom is 0.490 e. The molecule has 38 heavy (non-hydrogen) atoms. The van der Waals surface area contributed by atoms with Crippen molar-refractivity contribution in [1.29, 1.82) is 0 Å². The van der Waals surface area contributed by atoms with Gasteiger partial charge in [-0.05, 0) is 19.4 Å². The highest BCUT2D eigenvalue weighted by Gasteiger charge is 2.42. The average Bonchev–Trinajstić information content (AvgIpc) is 3.48. The monoisotopic (exact) mass is 558 g/mol. The van der Waals surface area contributed by atoms with Gasteiger partial charge in [-0.2, -0.15) is 31.3 Å². The molecule has 0 radical (unpaired) electrons. The SMILES string of the molecule is COc1ncccc1CN1C[C@@H]2C[C@H](Cc3nc(C)no3)O[C@@H]2C1.O=C(O)C(F)(F)F.O=C(O)C(F)(F)F.